The van der Waals surface area contributed by atoms with Gasteiger partial charge in [0.1, 0.15) is 5.82 Å². The molecule has 2 rings (SSSR count). The number of nitrogens with two attached hydrogens (primary N) is 1. The maximum Gasteiger partial charge on any atom is 0.215 e. The van der Waals surface area contributed by atoms with Gasteiger partial charge in [-0.2, -0.15) is 4.98 Å². The zero-order valence-corrected chi connectivity index (χ0v) is 11.1. The molecule has 0 amide bonds. The molecule has 0 aliphatic heterocycles. The first kappa shape index (κ1) is 12.8. The van der Waals surface area contributed by atoms with Crippen molar-refractivity contribution in [3.63, 3.8) is 0 Å². The third kappa shape index (κ3) is 2.46. The summed E-state index contributed by atoms with van der Waals surface area (Å²) in [4.78, 5) is 12.0. The Morgan fingerprint density at radius 3 is 2.78 bits per heavy atom. The number of aromatic nitrogens is 3. The van der Waals surface area contributed by atoms with Gasteiger partial charge in [0.05, 0.1) is 18.2 Å². The highest BCUT2D eigenvalue weighted by Gasteiger charge is 2.17. The lowest BCUT2D eigenvalue weighted by atomic mass is 10.00. The van der Waals surface area contributed by atoms with Crippen molar-refractivity contribution in [1.29, 1.82) is 0 Å². The summed E-state index contributed by atoms with van der Waals surface area (Å²) in [5.41, 5.74) is 7.71. The highest BCUT2D eigenvalue weighted by molar-refractivity contribution is 5.71. The number of aromatic amines is 1. The van der Waals surface area contributed by atoms with Crippen LogP contribution in [0.5, 0.6) is 5.88 Å². The third-order valence-electron chi connectivity index (χ3n) is 3.20. The number of fused-ring (bicyclic) bond motifs is 1. The fourth-order valence-electron chi connectivity index (χ4n) is 1.80. The molecule has 2 aromatic heterocycles. The van der Waals surface area contributed by atoms with E-state index in [9.17, 15) is 0 Å². The maximum atomic E-state index is 6.16. The largest absolute Gasteiger partial charge is 0.478 e. The normalized spacial score (nSPS) is 14.7. The summed E-state index contributed by atoms with van der Waals surface area (Å²) in [5.74, 6) is 1.78. The molecule has 0 saturated carbocycles. The molecule has 2 atom stereocenters. The maximum absolute atomic E-state index is 6.16. The smallest absolute Gasteiger partial charge is 0.215 e. The summed E-state index contributed by atoms with van der Waals surface area (Å²) < 4.78 is 5.36. The minimum absolute atomic E-state index is 0.0836. The van der Waals surface area contributed by atoms with Crippen LogP contribution in [-0.2, 0) is 0 Å². The Hall–Kier alpha value is -1.62. The molecule has 0 saturated heterocycles. The van der Waals surface area contributed by atoms with Crippen LogP contribution in [-0.4, -0.2) is 21.6 Å². The van der Waals surface area contributed by atoms with Gasteiger partial charge in [-0.1, -0.05) is 20.3 Å². The van der Waals surface area contributed by atoms with Crippen molar-refractivity contribution in [2.45, 2.75) is 33.2 Å². The Kier molecular flexibility index (Phi) is 3.81. The molecule has 0 fully saturated rings. The number of pyridine rings is 1. The van der Waals surface area contributed by atoms with Crippen LogP contribution in [0, 0.1) is 5.92 Å². The molecule has 0 bridgehead atoms. The van der Waals surface area contributed by atoms with Crippen LogP contribution < -0.4 is 10.5 Å². The van der Waals surface area contributed by atoms with E-state index < -0.39 is 0 Å². The van der Waals surface area contributed by atoms with Crippen LogP contribution in [0.15, 0.2) is 12.1 Å². The van der Waals surface area contributed by atoms with Crippen molar-refractivity contribution in [3.8, 4) is 5.88 Å². The second kappa shape index (κ2) is 5.35. The summed E-state index contributed by atoms with van der Waals surface area (Å²) in [6, 6.07) is 3.68. The standard InChI is InChI=1S/C13H20N4O/c1-4-8(3)11(14)13-15-9-6-7-10(18-5-2)16-12(9)17-13/h6-8,11H,4-5,14H2,1-3H3,(H,15,16,17). The molecule has 0 radical (unpaired) electrons. The molecule has 3 N–H and O–H groups in total. The first-order valence-electron chi connectivity index (χ1n) is 6.40. The van der Waals surface area contributed by atoms with Crippen molar-refractivity contribution in [2.24, 2.45) is 11.7 Å². The Morgan fingerprint density at radius 1 is 1.33 bits per heavy atom. The molecule has 0 aromatic carbocycles. The van der Waals surface area contributed by atoms with E-state index in [1.165, 1.54) is 0 Å². The van der Waals surface area contributed by atoms with E-state index in [1.807, 2.05) is 19.1 Å². The summed E-state index contributed by atoms with van der Waals surface area (Å²) >= 11 is 0. The van der Waals surface area contributed by atoms with Crippen LogP contribution in [0.25, 0.3) is 11.2 Å². The number of hydrogen-bond donors (Lipinski definition) is 2. The lowest BCUT2D eigenvalue weighted by Crippen LogP contribution is -2.19. The highest BCUT2D eigenvalue weighted by atomic mass is 16.5. The first-order chi connectivity index (χ1) is 8.65. The average molecular weight is 248 g/mol. The molecule has 2 aromatic rings. The monoisotopic (exact) mass is 248 g/mol. The van der Waals surface area contributed by atoms with Crippen LogP contribution in [0.3, 0.4) is 0 Å². The molecule has 0 aliphatic carbocycles. The van der Waals surface area contributed by atoms with E-state index in [2.05, 4.69) is 28.8 Å². The molecule has 98 valence electrons. The quantitative estimate of drug-likeness (QED) is 0.851. The highest BCUT2D eigenvalue weighted by Crippen LogP contribution is 2.22. The van der Waals surface area contributed by atoms with Gasteiger partial charge in [0.2, 0.25) is 5.88 Å². The number of nitrogens with one attached hydrogen (secondary N) is 1. The minimum Gasteiger partial charge on any atom is -0.478 e. The van der Waals surface area contributed by atoms with Crippen LogP contribution >= 0.6 is 0 Å². The Balaban J connectivity index is 2.32. The van der Waals surface area contributed by atoms with E-state index >= 15 is 0 Å². The number of H-pyrrole nitrogens is 1. The summed E-state index contributed by atoms with van der Waals surface area (Å²) in [6.07, 6.45) is 1.02. The van der Waals surface area contributed by atoms with E-state index in [-0.39, 0.29) is 6.04 Å². The SMILES string of the molecule is CCOc1ccc2[nH]c(C(N)C(C)CC)nc2n1. The fourth-order valence-corrected chi connectivity index (χ4v) is 1.80. The first-order valence-corrected chi connectivity index (χ1v) is 6.40. The van der Waals surface area contributed by atoms with Crippen LogP contribution in [0.4, 0.5) is 0 Å². The van der Waals surface area contributed by atoms with Gasteiger partial charge < -0.3 is 15.5 Å². The van der Waals surface area contributed by atoms with Crippen molar-refractivity contribution >= 4 is 11.2 Å². The van der Waals surface area contributed by atoms with Gasteiger partial charge in [-0.15, -0.1) is 0 Å². The molecule has 2 unspecified atom stereocenters. The van der Waals surface area contributed by atoms with Gasteiger partial charge in [-0.3, -0.25) is 0 Å². The van der Waals surface area contributed by atoms with Gasteiger partial charge in [0.15, 0.2) is 5.65 Å². The zero-order valence-electron chi connectivity index (χ0n) is 11.1. The Labute approximate surface area is 107 Å². The Bertz CT molecular complexity index is 523. The number of imidazole rings is 1. The average Bonchev–Trinajstić information content (AvgIpc) is 2.80. The van der Waals surface area contributed by atoms with Crippen molar-refractivity contribution in [2.75, 3.05) is 6.61 Å². The number of rotatable bonds is 5. The van der Waals surface area contributed by atoms with E-state index in [0.29, 0.717) is 24.1 Å². The molecule has 0 aliphatic rings. The second-order valence-corrected chi connectivity index (χ2v) is 4.49. The van der Waals surface area contributed by atoms with Gasteiger partial charge >= 0.3 is 0 Å². The van der Waals surface area contributed by atoms with Gasteiger partial charge in [0.25, 0.3) is 0 Å². The van der Waals surface area contributed by atoms with Crippen molar-refractivity contribution < 1.29 is 4.74 Å². The second-order valence-electron chi connectivity index (χ2n) is 4.49. The summed E-state index contributed by atoms with van der Waals surface area (Å²) in [7, 11) is 0. The summed E-state index contributed by atoms with van der Waals surface area (Å²) in [6.45, 7) is 6.78. The minimum atomic E-state index is -0.0836. The lowest BCUT2D eigenvalue weighted by Gasteiger charge is -2.15. The van der Waals surface area contributed by atoms with Crippen molar-refractivity contribution in [3.05, 3.63) is 18.0 Å². The third-order valence-corrected chi connectivity index (χ3v) is 3.20. The van der Waals surface area contributed by atoms with Crippen molar-refractivity contribution in [1.82, 2.24) is 15.0 Å². The number of hydrogen-bond acceptors (Lipinski definition) is 4. The molecule has 2 heterocycles. The van der Waals surface area contributed by atoms with Crippen LogP contribution in [0.1, 0.15) is 39.1 Å². The molecule has 18 heavy (non-hydrogen) atoms. The molecular formula is C13H20N4O. The topological polar surface area (TPSA) is 76.8 Å². The molecule has 5 nitrogen and oxygen atoms in total. The number of ether oxygens (including phenoxy) is 1. The molecule has 5 heteroatoms. The lowest BCUT2D eigenvalue weighted by molar-refractivity contribution is 0.328. The van der Waals surface area contributed by atoms with Gasteiger partial charge in [-0.05, 0) is 18.9 Å². The predicted octanol–water partition coefficient (Wildman–Crippen LogP) is 2.40. The van der Waals surface area contributed by atoms with E-state index in [1.54, 1.807) is 0 Å². The number of nitrogens with zero attached hydrogens (tertiary/aromatic N) is 2. The van der Waals surface area contributed by atoms with E-state index in [4.69, 9.17) is 10.5 Å². The zero-order chi connectivity index (χ0) is 13.1. The van der Waals surface area contributed by atoms with E-state index in [0.717, 1.165) is 17.8 Å². The predicted molar refractivity (Wildman–Crippen MR) is 71.4 cm³/mol. The molecule has 0 spiro atoms. The van der Waals surface area contributed by atoms with Gasteiger partial charge in [-0.25, -0.2) is 4.98 Å². The Morgan fingerprint density at radius 2 is 2.11 bits per heavy atom. The summed E-state index contributed by atoms with van der Waals surface area (Å²) in [5, 5.41) is 0. The fraction of sp³-hybridized carbons (Fsp3) is 0.538. The molecular weight excluding hydrogens is 228 g/mol. The van der Waals surface area contributed by atoms with Gasteiger partial charge in [0, 0.05) is 6.07 Å². The van der Waals surface area contributed by atoms with Crippen LogP contribution in [0.2, 0.25) is 0 Å².